The van der Waals surface area contributed by atoms with Gasteiger partial charge in [-0.2, -0.15) is 5.10 Å². The lowest BCUT2D eigenvalue weighted by atomic mass is 10.00. The van der Waals surface area contributed by atoms with E-state index in [4.69, 9.17) is 20.8 Å². The van der Waals surface area contributed by atoms with E-state index in [1.807, 2.05) is 12.1 Å². The molecule has 0 N–H and O–H groups in total. The molecule has 1 saturated heterocycles. The van der Waals surface area contributed by atoms with Gasteiger partial charge in [-0.3, -0.25) is 4.79 Å². The summed E-state index contributed by atoms with van der Waals surface area (Å²) in [5.41, 5.74) is 0.469. The van der Waals surface area contributed by atoms with Crippen LogP contribution in [0.25, 0.3) is 0 Å². The molecule has 0 amide bonds. The van der Waals surface area contributed by atoms with Crippen LogP contribution in [0, 0.1) is 0 Å². The molecule has 3 aromatic heterocycles. The average molecular weight is 378 g/mol. The monoisotopic (exact) mass is 377 g/mol. The Morgan fingerprint density at radius 1 is 1.32 bits per heavy atom. The van der Waals surface area contributed by atoms with Gasteiger partial charge < -0.3 is 9.15 Å². The van der Waals surface area contributed by atoms with E-state index in [0.717, 1.165) is 17.7 Å². The number of halogens is 1. The Kier molecular flexibility index (Phi) is 4.70. The van der Waals surface area contributed by atoms with Crippen molar-refractivity contribution in [2.75, 3.05) is 13.2 Å². The third-order valence-electron chi connectivity index (χ3n) is 4.20. The Bertz CT molecular complexity index is 866. The zero-order valence-electron chi connectivity index (χ0n) is 13.4. The minimum absolute atomic E-state index is 0.192. The van der Waals surface area contributed by atoms with E-state index in [1.165, 1.54) is 23.9 Å². The molecule has 0 atom stereocenters. The number of ketones is 1. The van der Waals surface area contributed by atoms with E-state index in [-0.39, 0.29) is 11.7 Å². The van der Waals surface area contributed by atoms with Gasteiger partial charge >= 0.3 is 0 Å². The van der Waals surface area contributed by atoms with Crippen LogP contribution < -0.4 is 0 Å². The molecule has 0 aromatic carbocycles. The van der Waals surface area contributed by atoms with Crippen LogP contribution in [0.3, 0.4) is 0 Å². The second-order valence-corrected chi connectivity index (χ2v) is 7.68. The van der Waals surface area contributed by atoms with Crippen LogP contribution in [0.4, 0.5) is 0 Å². The van der Waals surface area contributed by atoms with Crippen molar-refractivity contribution in [1.29, 1.82) is 0 Å². The molecule has 130 valence electrons. The number of hydrogen-bond donors (Lipinski definition) is 0. The molecule has 1 aliphatic heterocycles. The van der Waals surface area contributed by atoms with Gasteiger partial charge in [-0.1, -0.05) is 11.6 Å². The van der Waals surface area contributed by atoms with Gasteiger partial charge in [0.15, 0.2) is 11.6 Å². The van der Waals surface area contributed by atoms with Crippen molar-refractivity contribution in [2.45, 2.75) is 25.3 Å². The van der Waals surface area contributed by atoms with Crippen molar-refractivity contribution >= 4 is 28.7 Å². The molecule has 6 nitrogen and oxygen atoms in total. The summed E-state index contributed by atoms with van der Waals surface area (Å²) in [6, 6.07) is 5.42. The van der Waals surface area contributed by atoms with Crippen LogP contribution in [-0.2, 0) is 11.3 Å². The van der Waals surface area contributed by atoms with Crippen LogP contribution in [-0.4, -0.2) is 33.8 Å². The maximum atomic E-state index is 12.8. The molecule has 4 heterocycles. The third-order valence-corrected chi connectivity index (χ3v) is 5.41. The zero-order chi connectivity index (χ0) is 17.2. The lowest BCUT2D eigenvalue weighted by Gasteiger charge is -2.18. The number of hydrogen-bond acceptors (Lipinski definition) is 6. The summed E-state index contributed by atoms with van der Waals surface area (Å²) in [6.07, 6.45) is 4.65. The van der Waals surface area contributed by atoms with Crippen LogP contribution in [0.15, 0.2) is 35.1 Å². The first kappa shape index (κ1) is 16.5. The Hall–Kier alpha value is -1.96. The van der Waals surface area contributed by atoms with Gasteiger partial charge in [0.25, 0.3) is 0 Å². The Morgan fingerprint density at radius 3 is 2.84 bits per heavy atom. The predicted octanol–water partition coefficient (Wildman–Crippen LogP) is 3.76. The average Bonchev–Trinajstić information content (AvgIpc) is 3.37. The fourth-order valence-corrected chi connectivity index (χ4v) is 3.94. The molecule has 25 heavy (non-hydrogen) atoms. The number of carbonyl (C=O) groups is 1. The van der Waals surface area contributed by atoms with Crippen LogP contribution in [0.1, 0.15) is 45.6 Å². The number of aromatic nitrogens is 3. The minimum atomic E-state index is -0.192. The summed E-state index contributed by atoms with van der Waals surface area (Å²) >= 11 is 7.49. The number of carbonyl (C=O) groups excluding carboxylic acids is 1. The highest BCUT2D eigenvalue weighted by molar-refractivity contribution is 7.16. The number of ether oxygens (including phenoxy) is 1. The summed E-state index contributed by atoms with van der Waals surface area (Å²) in [5.74, 6) is 1.06. The van der Waals surface area contributed by atoms with Gasteiger partial charge in [0.05, 0.1) is 22.7 Å². The maximum Gasteiger partial charge on any atom is 0.233 e. The first-order valence-electron chi connectivity index (χ1n) is 8.04. The van der Waals surface area contributed by atoms with Gasteiger partial charge in [0.1, 0.15) is 6.26 Å². The number of furan rings is 1. The summed E-state index contributed by atoms with van der Waals surface area (Å²) in [6.45, 7) is 1.86. The van der Waals surface area contributed by atoms with Crippen molar-refractivity contribution in [3.8, 4) is 0 Å². The van der Waals surface area contributed by atoms with Gasteiger partial charge in [0.2, 0.25) is 5.78 Å². The normalized spacial score (nSPS) is 15.6. The van der Waals surface area contributed by atoms with Gasteiger partial charge in [-0.25, -0.2) is 9.67 Å². The molecule has 0 spiro atoms. The second kappa shape index (κ2) is 7.11. The van der Waals surface area contributed by atoms with E-state index in [9.17, 15) is 4.79 Å². The highest BCUT2D eigenvalue weighted by atomic mass is 35.5. The van der Waals surface area contributed by atoms with Crippen molar-refractivity contribution in [2.24, 2.45) is 0 Å². The van der Waals surface area contributed by atoms with Crippen molar-refractivity contribution in [3.05, 3.63) is 57.2 Å². The summed E-state index contributed by atoms with van der Waals surface area (Å²) in [5, 5.41) is 4.63. The highest BCUT2D eigenvalue weighted by Crippen LogP contribution is 2.27. The molecule has 4 rings (SSSR count). The third kappa shape index (κ3) is 3.53. The first-order valence-corrected chi connectivity index (χ1v) is 9.24. The minimum Gasteiger partial charge on any atom is -0.472 e. The standard InChI is InChI=1S/C17H16ClN3O3S/c18-14-2-1-13(25-14)9-21-17(15(22)12-5-8-24-10-12)19-16(20-21)11-3-6-23-7-4-11/h1-2,5,8,10-11H,3-4,6-7,9H2. The molecule has 1 fully saturated rings. The van der Waals surface area contributed by atoms with E-state index < -0.39 is 0 Å². The van der Waals surface area contributed by atoms with Crippen molar-refractivity contribution in [1.82, 2.24) is 14.8 Å². The predicted molar refractivity (Wildman–Crippen MR) is 93.4 cm³/mol. The topological polar surface area (TPSA) is 70.2 Å². The zero-order valence-corrected chi connectivity index (χ0v) is 14.9. The molecule has 0 aliphatic carbocycles. The van der Waals surface area contributed by atoms with Crippen LogP contribution >= 0.6 is 22.9 Å². The number of thiophene rings is 1. The van der Waals surface area contributed by atoms with Crippen LogP contribution in [0.5, 0.6) is 0 Å². The lowest BCUT2D eigenvalue weighted by molar-refractivity contribution is 0.0835. The van der Waals surface area contributed by atoms with Gasteiger partial charge in [-0.15, -0.1) is 11.3 Å². The molecule has 0 unspecified atom stereocenters. The molecular formula is C17H16ClN3O3S. The van der Waals surface area contributed by atoms with E-state index in [0.29, 0.717) is 41.3 Å². The van der Waals surface area contributed by atoms with Gasteiger partial charge in [-0.05, 0) is 31.0 Å². The van der Waals surface area contributed by atoms with E-state index >= 15 is 0 Å². The molecule has 8 heteroatoms. The Labute approximate surface area is 153 Å². The summed E-state index contributed by atoms with van der Waals surface area (Å²) in [4.78, 5) is 18.4. The molecule has 0 saturated carbocycles. The molecule has 0 radical (unpaired) electrons. The summed E-state index contributed by atoms with van der Waals surface area (Å²) in [7, 11) is 0. The quantitative estimate of drug-likeness (QED) is 0.633. The molecular weight excluding hydrogens is 362 g/mol. The van der Waals surface area contributed by atoms with Crippen LogP contribution in [0.2, 0.25) is 4.34 Å². The Balaban J connectivity index is 1.68. The Morgan fingerprint density at radius 2 is 2.16 bits per heavy atom. The van der Waals surface area contributed by atoms with E-state index in [2.05, 4.69) is 10.1 Å². The molecule has 1 aliphatic rings. The number of nitrogens with zero attached hydrogens (tertiary/aromatic N) is 3. The fourth-order valence-electron chi connectivity index (χ4n) is 2.87. The van der Waals surface area contributed by atoms with Crippen molar-refractivity contribution < 1.29 is 13.9 Å². The molecule has 3 aromatic rings. The largest absolute Gasteiger partial charge is 0.472 e. The second-order valence-electron chi connectivity index (χ2n) is 5.88. The summed E-state index contributed by atoms with van der Waals surface area (Å²) < 4.78 is 12.8. The van der Waals surface area contributed by atoms with Gasteiger partial charge in [0, 0.05) is 24.0 Å². The number of rotatable bonds is 5. The SMILES string of the molecule is O=C(c1ccoc1)c1nc(C2CCOCC2)nn1Cc1ccc(Cl)s1. The fraction of sp³-hybridized carbons (Fsp3) is 0.353. The van der Waals surface area contributed by atoms with E-state index in [1.54, 1.807) is 10.7 Å². The lowest BCUT2D eigenvalue weighted by Crippen LogP contribution is -2.15. The van der Waals surface area contributed by atoms with Crippen molar-refractivity contribution in [3.63, 3.8) is 0 Å². The maximum absolute atomic E-state index is 12.8. The first-order chi connectivity index (χ1) is 12.2. The molecule has 0 bridgehead atoms. The highest BCUT2D eigenvalue weighted by Gasteiger charge is 2.26. The smallest absolute Gasteiger partial charge is 0.233 e.